The fourth-order valence-corrected chi connectivity index (χ4v) is 5.96. The van der Waals surface area contributed by atoms with Crippen LogP contribution in [0.3, 0.4) is 0 Å². The molecule has 0 aromatic heterocycles. The van der Waals surface area contributed by atoms with Gasteiger partial charge >= 0.3 is 0 Å². The third-order valence-electron chi connectivity index (χ3n) is 3.43. The number of sulfonamides is 1. The summed E-state index contributed by atoms with van der Waals surface area (Å²) in [4.78, 5) is 0.157. The zero-order chi connectivity index (χ0) is 14.2. The van der Waals surface area contributed by atoms with Crippen molar-refractivity contribution < 1.29 is 8.42 Å². The summed E-state index contributed by atoms with van der Waals surface area (Å²) in [6.45, 7) is 2.59. The first-order valence-electron chi connectivity index (χ1n) is 5.90. The lowest BCUT2D eigenvalue weighted by molar-refractivity contribution is 0.378. The third-order valence-corrected chi connectivity index (χ3v) is 6.43. The van der Waals surface area contributed by atoms with Crippen LogP contribution in [0, 0.1) is 5.92 Å². The molecule has 1 heterocycles. The Hall–Kier alpha value is 0.190. The second kappa shape index (κ2) is 5.90. The molecular formula is C12H14BrCl2NO2S. The summed E-state index contributed by atoms with van der Waals surface area (Å²) < 4.78 is 26.8. The molecule has 0 bridgehead atoms. The van der Waals surface area contributed by atoms with E-state index in [4.69, 9.17) is 23.2 Å². The Morgan fingerprint density at radius 2 is 1.89 bits per heavy atom. The molecular weight excluding hydrogens is 373 g/mol. The van der Waals surface area contributed by atoms with Crippen LogP contribution in [0.4, 0.5) is 0 Å². The maximum Gasteiger partial charge on any atom is 0.243 e. The minimum absolute atomic E-state index is 0.0252. The highest BCUT2D eigenvalue weighted by Gasteiger charge is 2.39. The zero-order valence-corrected chi connectivity index (χ0v) is 14.2. The van der Waals surface area contributed by atoms with Gasteiger partial charge in [0, 0.05) is 28.0 Å². The molecule has 2 atom stereocenters. The Morgan fingerprint density at radius 1 is 1.32 bits per heavy atom. The van der Waals surface area contributed by atoms with Gasteiger partial charge in [-0.2, -0.15) is 4.31 Å². The van der Waals surface area contributed by atoms with E-state index in [-0.39, 0.29) is 10.9 Å². The molecule has 2 rings (SSSR count). The Balaban J connectivity index is 2.42. The van der Waals surface area contributed by atoms with Crippen molar-refractivity contribution in [3.63, 3.8) is 0 Å². The number of hydrogen-bond donors (Lipinski definition) is 0. The minimum Gasteiger partial charge on any atom is -0.207 e. The standard InChI is InChI=1S/C12H14BrCl2NO2S/c1-8-2-3-16(12(8)7-13)19(17,18)11-5-9(14)4-10(15)6-11/h4-6,8,12H,2-3,7H2,1H3. The van der Waals surface area contributed by atoms with Crippen molar-refractivity contribution in [2.45, 2.75) is 24.3 Å². The zero-order valence-electron chi connectivity index (χ0n) is 10.3. The molecule has 0 aliphatic carbocycles. The Kier molecular flexibility index (Phi) is 4.83. The minimum atomic E-state index is -3.54. The van der Waals surface area contributed by atoms with Crippen LogP contribution in [-0.2, 0) is 10.0 Å². The van der Waals surface area contributed by atoms with Gasteiger partial charge in [-0.1, -0.05) is 46.1 Å². The SMILES string of the molecule is CC1CCN(S(=O)(=O)c2cc(Cl)cc(Cl)c2)C1CBr. The summed E-state index contributed by atoms with van der Waals surface area (Å²) in [5, 5.41) is 1.28. The lowest BCUT2D eigenvalue weighted by Gasteiger charge is -2.24. The highest BCUT2D eigenvalue weighted by Crippen LogP contribution is 2.32. The molecule has 1 aromatic rings. The van der Waals surface area contributed by atoms with E-state index in [1.807, 2.05) is 0 Å². The summed E-state index contributed by atoms with van der Waals surface area (Å²) in [5.74, 6) is 0.337. The normalized spacial score (nSPS) is 24.8. The molecule has 0 saturated carbocycles. The molecule has 1 fully saturated rings. The van der Waals surface area contributed by atoms with Gasteiger partial charge < -0.3 is 0 Å². The van der Waals surface area contributed by atoms with Crippen molar-refractivity contribution in [1.29, 1.82) is 0 Å². The van der Waals surface area contributed by atoms with Crippen LogP contribution in [0.1, 0.15) is 13.3 Å². The second-order valence-electron chi connectivity index (χ2n) is 4.71. The predicted octanol–water partition coefficient (Wildman–Crippen LogP) is 3.79. The number of halogens is 3. The monoisotopic (exact) mass is 385 g/mol. The second-order valence-corrected chi connectivity index (χ2v) is 8.12. The molecule has 0 amide bonds. The average molecular weight is 387 g/mol. The van der Waals surface area contributed by atoms with Crippen LogP contribution in [0.2, 0.25) is 10.0 Å². The van der Waals surface area contributed by atoms with E-state index in [0.717, 1.165) is 6.42 Å². The van der Waals surface area contributed by atoms with Gasteiger partial charge in [0.1, 0.15) is 0 Å². The van der Waals surface area contributed by atoms with E-state index in [9.17, 15) is 8.42 Å². The van der Waals surface area contributed by atoms with Gasteiger partial charge in [0.05, 0.1) is 4.90 Å². The van der Waals surface area contributed by atoms with Gasteiger partial charge in [-0.25, -0.2) is 8.42 Å². The highest BCUT2D eigenvalue weighted by atomic mass is 79.9. The molecule has 3 nitrogen and oxygen atoms in total. The molecule has 106 valence electrons. The summed E-state index contributed by atoms with van der Waals surface area (Å²) >= 11 is 15.2. The van der Waals surface area contributed by atoms with Gasteiger partial charge in [0.25, 0.3) is 0 Å². The van der Waals surface area contributed by atoms with E-state index < -0.39 is 10.0 Å². The van der Waals surface area contributed by atoms with E-state index in [0.29, 0.717) is 27.8 Å². The maximum atomic E-state index is 12.6. The van der Waals surface area contributed by atoms with Crippen LogP contribution in [0.5, 0.6) is 0 Å². The number of nitrogens with zero attached hydrogens (tertiary/aromatic N) is 1. The quantitative estimate of drug-likeness (QED) is 0.741. The van der Waals surface area contributed by atoms with Crippen LogP contribution in [0.15, 0.2) is 23.1 Å². The summed E-state index contributed by atoms with van der Waals surface area (Å²) in [7, 11) is -3.54. The van der Waals surface area contributed by atoms with Gasteiger partial charge in [-0.3, -0.25) is 0 Å². The van der Waals surface area contributed by atoms with E-state index in [1.54, 1.807) is 0 Å². The van der Waals surface area contributed by atoms with Crippen molar-refractivity contribution >= 4 is 49.2 Å². The van der Waals surface area contributed by atoms with E-state index >= 15 is 0 Å². The van der Waals surface area contributed by atoms with E-state index in [2.05, 4.69) is 22.9 Å². The predicted molar refractivity (Wildman–Crippen MR) is 81.7 cm³/mol. The van der Waals surface area contributed by atoms with Crippen LogP contribution in [0.25, 0.3) is 0 Å². The third kappa shape index (κ3) is 3.10. The lowest BCUT2D eigenvalue weighted by atomic mass is 10.1. The number of hydrogen-bond acceptors (Lipinski definition) is 2. The van der Waals surface area contributed by atoms with E-state index in [1.165, 1.54) is 22.5 Å². The van der Waals surface area contributed by atoms with Gasteiger partial charge in [-0.15, -0.1) is 0 Å². The van der Waals surface area contributed by atoms with Gasteiger partial charge in [-0.05, 0) is 30.5 Å². The average Bonchev–Trinajstić information content (AvgIpc) is 2.69. The van der Waals surface area contributed by atoms with Crippen molar-refractivity contribution in [3.05, 3.63) is 28.2 Å². The number of benzene rings is 1. The fraction of sp³-hybridized carbons (Fsp3) is 0.500. The van der Waals surface area contributed by atoms with Crippen LogP contribution >= 0.6 is 39.1 Å². The number of rotatable bonds is 3. The highest BCUT2D eigenvalue weighted by molar-refractivity contribution is 9.09. The number of alkyl halides is 1. The summed E-state index contributed by atoms with van der Waals surface area (Å²) in [6.07, 6.45) is 0.865. The topological polar surface area (TPSA) is 37.4 Å². The van der Waals surface area contributed by atoms with Crippen molar-refractivity contribution in [1.82, 2.24) is 4.31 Å². The van der Waals surface area contributed by atoms with Crippen molar-refractivity contribution in [2.24, 2.45) is 5.92 Å². The Bertz CT molecular complexity index is 559. The van der Waals surface area contributed by atoms with Crippen molar-refractivity contribution in [3.8, 4) is 0 Å². The lowest BCUT2D eigenvalue weighted by Crippen LogP contribution is -2.38. The molecule has 0 N–H and O–H groups in total. The smallest absolute Gasteiger partial charge is 0.207 e. The van der Waals surface area contributed by atoms with Crippen LogP contribution < -0.4 is 0 Å². The molecule has 0 spiro atoms. The molecule has 2 unspecified atom stereocenters. The Morgan fingerprint density at radius 3 is 2.42 bits per heavy atom. The Labute approximate surface area is 132 Å². The molecule has 19 heavy (non-hydrogen) atoms. The molecule has 1 aliphatic heterocycles. The maximum absolute atomic E-state index is 12.6. The molecule has 1 aromatic carbocycles. The van der Waals surface area contributed by atoms with Crippen molar-refractivity contribution in [2.75, 3.05) is 11.9 Å². The fourth-order valence-electron chi connectivity index (χ4n) is 2.31. The van der Waals surface area contributed by atoms with Crippen LogP contribution in [-0.4, -0.2) is 30.6 Å². The molecule has 1 aliphatic rings. The summed E-state index contributed by atoms with van der Waals surface area (Å²) in [5.41, 5.74) is 0. The largest absolute Gasteiger partial charge is 0.243 e. The molecule has 1 saturated heterocycles. The first kappa shape index (κ1) is 15.6. The van der Waals surface area contributed by atoms with Gasteiger partial charge in [0.2, 0.25) is 10.0 Å². The first-order chi connectivity index (χ1) is 8.86. The van der Waals surface area contributed by atoms with Gasteiger partial charge in [0.15, 0.2) is 0 Å². The summed E-state index contributed by atoms with van der Waals surface area (Å²) in [6, 6.07) is 4.38. The molecule has 0 radical (unpaired) electrons. The first-order valence-corrected chi connectivity index (χ1v) is 9.22. The molecule has 7 heteroatoms.